The van der Waals surface area contributed by atoms with Gasteiger partial charge in [-0.15, -0.1) is 0 Å². The van der Waals surface area contributed by atoms with Crippen LogP contribution in [0.4, 0.5) is 0 Å². The smallest absolute Gasteiger partial charge is 0.306 e. The molecule has 1 N–H and O–H groups in total. The topological polar surface area (TPSA) is 98.4 Å². The molecule has 0 aliphatic carbocycles. The van der Waals surface area contributed by atoms with E-state index in [1.54, 1.807) is 12.1 Å². The van der Waals surface area contributed by atoms with Gasteiger partial charge in [-0.05, 0) is 43.6 Å². The quantitative estimate of drug-likeness (QED) is 0.670. The summed E-state index contributed by atoms with van der Waals surface area (Å²) in [6.07, 6.45) is 3.22. The molecule has 166 valence electrons. The third kappa shape index (κ3) is 4.65. The van der Waals surface area contributed by atoms with E-state index in [-0.39, 0.29) is 19.0 Å². The van der Waals surface area contributed by atoms with Crippen LogP contribution < -0.4 is 14.9 Å². The van der Waals surface area contributed by atoms with Crippen LogP contribution in [0.3, 0.4) is 0 Å². The molecule has 1 aromatic carbocycles. The van der Waals surface area contributed by atoms with Crippen molar-refractivity contribution in [3.8, 4) is 17.2 Å². The maximum absolute atomic E-state index is 12.5. The van der Waals surface area contributed by atoms with Gasteiger partial charge in [0.1, 0.15) is 5.76 Å². The Morgan fingerprint density at radius 2 is 2.00 bits per heavy atom. The minimum atomic E-state index is -0.798. The lowest BCUT2D eigenvalue weighted by atomic mass is 9.91. The summed E-state index contributed by atoms with van der Waals surface area (Å²) in [5.74, 6) is -0.600. The molecule has 1 unspecified atom stereocenters. The van der Waals surface area contributed by atoms with Crippen LogP contribution in [0.2, 0.25) is 5.02 Å². The highest BCUT2D eigenvalue weighted by molar-refractivity contribution is 6.32. The predicted molar refractivity (Wildman–Crippen MR) is 112 cm³/mol. The SMILES string of the molecule is COC(=O)CC(c1cc(Cl)c2c(c1)OCO2)c1oc(CN2CCCCC2)cc(=O)c1O. The Bertz CT molecular complexity index is 1030. The first-order valence-electron chi connectivity index (χ1n) is 10.2. The van der Waals surface area contributed by atoms with E-state index in [1.807, 2.05) is 0 Å². The molecule has 2 aliphatic rings. The lowest BCUT2D eigenvalue weighted by Gasteiger charge is -2.26. The van der Waals surface area contributed by atoms with Gasteiger partial charge in [0.05, 0.1) is 31.0 Å². The van der Waals surface area contributed by atoms with Gasteiger partial charge in [0, 0.05) is 6.07 Å². The van der Waals surface area contributed by atoms with E-state index in [1.165, 1.54) is 19.6 Å². The van der Waals surface area contributed by atoms with Crippen LogP contribution in [-0.2, 0) is 16.1 Å². The Kier molecular flexibility index (Phi) is 6.38. The zero-order valence-electron chi connectivity index (χ0n) is 17.2. The van der Waals surface area contributed by atoms with Crippen molar-refractivity contribution in [2.24, 2.45) is 0 Å². The van der Waals surface area contributed by atoms with Crippen molar-refractivity contribution < 1.29 is 28.5 Å². The van der Waals surface area contributed by atoms with E-state index < -0.39 is 23.1 Å². The van der Waals surface area contributed by atoms with Gasteiger partial charge in [0.25, 0.3) is 0 Å². The third-order valence-electron chi connectivity index (χ3n) is 5.59. The first-order chi connectivity index (χ1) is 15.0. The van der Waals surface area contributed by atoms with Crippen LogP contribution >= 0.6 is 11.6 Å². The van der Waals surface area contributed by atoms with Crippen molar-refractivity contribution in [2.45, 2.75) is 38.1 Å². The number of benzene rings is 1. The van der Waals surface area contributed by atoms with E-state index in [2.05, 4.69) is 4.90 Å². The van der Waals surface area contributed by atoms with E-state index in [9.17, 15) is 14.7 Å². The summed E-state index contributed by atoms with van der Waals surface area (Å²) >= 11 is 6.33. The van der Waals surface area contributed by atoms with E-state index in [0.717, 1.165) is 25.9 Å². The highest BCUT2D eigenvalue weighted by Crippen LogP contribution is 2.44. The molecule has 8 nitrogen and oxygen atoms in total. The molecule has 9 heteroatoms. The molecule has 0 bridgehead atoms. The van der Waals surface area contributed by atoms with Gasteiger partial charge in [-0.3, -0.25) is 14.5 Å². The number of hydrogen-bond acceptors (Lipinski definition) is 8. The Balaban J connectivity index is 1.75. The average Bonchev–Trinajstić information content (AvgIpc) is 3.24. The van der Waals surface area contributed by atoms with Crippen LogP contribution in [-0.4, -0.2) is 43.0 Å². The number of rotatable bonds is 6. The Labute approximate surface area is 184 Å². The van der Waals surface area contributed by atoms with Crippen molar-refractivity contribution in [1.82, 2.24) is 4.90 Å². The molecule has 0 amide bonds. The highest BCUT2D eigenvalue weighted by Gasteiger charge is 2.30. The summed E-state index contributed by atoms with van der Waals surface area (Å²) in [4.78, 5) is 26.9. The van der Waals surface area contributed by atoms with Gasteiger partial charge in [0.15, 0.2) is 17.3 Å². The van der Waals surface area contributed by atoms with Gasteiger partial charge >= 0.3 is 5.97 Å². The number of likely N-dealkylation sites (tertiary alicyclic amines) is 1. The zero-order chi connectivity index (χ0) is 22.0. The van der Waals surface area contributed by atoms with E-state index >= 15 is 0 Å². The number of ether oxygens (including phenoxy) is 3. The molecule has 0 saturated carbocycles. The molecule has 1 saturated heterocycles. The maximum Gasteiger partial charge on any atom is 0.306 e. The number of esters is 1. The molecule has 1 atom stereocenters. The zero-order valence-corrected chi connectivity index (χ0v) is 17.9. The fourth-order valence-corrected chi connectivity index (χ4v) is 4.28. The predicted octanol–water partition coefficient (Wildman–Crippen LogP) is 3.41. The third-order valence-corrected chi connectivity index (χ3v) is 5.88. The fourth-order valence-electron chi connectivity index (χ4n) is 4.01. The Morgan fingerprint density at radius 1 is 1.23 bits per heavy atom. The maximum atomic E-state index is 12.5. The summed E-state index contributed by atoms with van der Waals surface area (Å²) in [6, 6.07) is 4.58. The highest BCUT2D eigenvalue weighted by atomic mass is 35.5. The fraction of sp³-hybridized carbons (Fsp3) is 0.455. The lowest BCUT2D eigenvalue weighted by molar-refractivity contribution is -0.140. The number of aromatic hydroxyl groups is 1. The van der Waals surface area contributed by atoms with Crippen LogP contribution in [0.1, 0.15) is 48.7 Å². The van der Waals surface area contributed by atoms with Crippen LogP contribution in [0.15, 0.2) is 27.4 Å². The molecule has 0 spiro atoms. The van der Waals surface area contributed by atoms with Gasteiger partial charge in [-0.2, -0.15) is 0 Å². The molecule has 0 radical (unpaired) electrons. The van der Waals surface area contributed by atoms with Crippen molar-refractivity contribution in [2.75, 3.05) is 27.0 Å². The minimum Gasteiger partial charge on any atom is -0.502 e. The van der Waals surface area contributed by atoms with Crippen molar-refractivity contribution >= 4 is 17.6 Å². The second kappa shape index (κ2) is 9.20. The molecule has 2 aromatic rings. The summed E-state index contributed by atoms with van der Waals surface area (Å²) in [5.41, 5.74) is -0.0248. The van der Waals surface area contributed by atoms with Gasteiger partial charge in [-0.25, -0.2) is 0 Å². The first-order valence-corrected chi connectivity index (χ1v) is 10.6. The number of fused-ring (bicyclic) bond motifs is 1. The number of methoxy groups -OCH3 is 1. The average molecular weight is 450 g/mol. The van der Waals surface area contributed by atoms with Crippen molar-refractivity contribution in [3.63, 3.8) is 0 Å². The second-order valence-electron chi connectivity index (χ2n) is 7.70. The van der Waals surface area contributed by atoms with Crippen LogP contribution in [0, 0.1) is 0 Å². The van der Waals surface area contributed by atoms with Crippen LogP contribution in [0.25, 0.3) is 0 Å². The molecule has 4 rings (SSSR count). The molecular formula is C22H24ClNO7. The summed E-state index contributed by atoms with van der Waals surface area (Å²) < 4.78 is 21.6. The Morgan fingerprint density at radius 3 is 2.74 bits per heavy atom. The second-order valence-corrected chi connectivity index (χ2v) is 8.10. The Hall–Kier alpha value is -2.71. The number of piperidine rings is 1. The molecule has 3 heterocycles. The van der Waals surface area contributed by atoms with Gasteiger partial charge < -0.3 is 23.7 Å². The molecule has 1 aromatic heterocycles. The molecular weight excluding hydrogens is 426 g/mol. The lowest BCUT2D eigenvalue weighted by Crippen LogP contribution is -2.29. The number of halogens is 1. The summed E-state index contributed by atoms with van der Waals surface area (Å²) in [7, 11) is 1.27. The van der Waals surface area contributed by atoms with Crippen molar-refractivity contribution in [1.29, 1.82) is 0 Å². The summed E-state index contributed by atoms with van der Waals surface area (Å²) in [6.45, 7) is 2.33. The monoisotopic (exact) mass is 449 g/mol. The molecule has 2 aliphatic heterocycles. The van der Waals surface area contributed by atoms with E-state index in [0.29, 0.717) is 34.4 Å². The normalized spacial score (nSPS) is 16.8. The first kappa shape index (κ1) is 21.5. The number of nitrogens with zero attached hydrogens (tertiary/aromatic N) is 1. The van der Waals surface area contributed by atoms with Gasteiger partial charge in [-0.1, -0.05) is 18.0 Å². The number of hydrogen-bond donors (Lipinski definition) is 1. The minimum absolute atomic E-state index is 0.000147. The van der Waals surface area contributed by atoms with Crippen molar-refractivity contribution in [3.05, 3.63) is 50.5 Å². The standard InChI is InChI=1S/C22H24ClNO7/c1-28-19(26)10-15(13-7-16(23)22-18(8-13)29-12-30-22)21-20(27)17(25)9-14(31-21)11-24-5-3-2-4-6-24/h7-9,15,27H,2-6,10-12H2,1H3. The summed E-state index contributed by atoms with van der Waals surface area (Å²) in [5, 5.41) is 10.8. The molecule has 31 heavy (non-hydrogen) atoms. The number of carbonyl (C=O) groups excluding carboxylic acids is 1. The largest absolute Gasteiger partial charge is 0.502 e. The van der Waals surface area contributed by atoms with Gasteiger partial charge in [0.2, 0.25) is 18.0 Å². The van der Waals surface area contributed by atoms with Crippen LogP contribution in [0.5, 0.6) is 17.2 Å². The number of carbonyl (C=O) groups is 1. The van der Waals surface area contributed by atoms with E-state index in [4.69, 9.17) is 30.2 Å². The molecule has 1 fully saturated rings.